The van der Waals surface area contributed by atoms with E-state index in [1.165, 1.54) is 43.5 Å². The van der Waals surface area contributed by atoms with Crippen molar-refractivity contribution in [2.24, 2.45) is 0 Å². The first-order chi connectivity index (χ1) is 8.67. The van der Waals surface area contributed by atoms with Crippen molar-refractivity contribution in [1.29, 1.82) is 0 Å². The van der Waals surface area contributed by atoms with Crippen molar-refractivity contribution < 1.29 is 0 Å². The molecule has 0 saturated carbocycles. The highest BCUT2D eigenvalue weighted by Crippen LogP contribution is 2.32. The van der Waals surface area contributed by atoms with Crippen LogP contribution in [0.5, 0.6) is 0 Å². The van der Waals surface area contributed by atoms with Crippen LogP contribution in [0.1, 0.15) is 43.2 Å². The maximum Gasteiger partial charge on any atom is 0.0406 e. The summed E-state index contributed by atoms with van der Waals surface area (Å²) in [4.78, 5) is 2.43. The molecule has 0 radical (unpaired) electrons. The van der Waals surface area contributed by atoms with E-state index in [0.29, 0.717) is 0 Å². The van der Waals surface area contributed by atoms with Crippen LogP contribution in [0.4, 0.5) is 0 Å². The van der Waals surface area contributed by atoms with Crippen molar-refractivity contribution in [3.63, 3.8) is 0 Å². The van der Waals surface area contributed by atoms with E-state index in [2.05, 4.69) is 48.5 Å². The van der Waals surface area contributed by atoms with Gasteiger partial charge in [0.05, 0.1) is 0 Å². The zero-order chi connectivity index (χ0) is 12.6. The lowest BCUT2D eigenvalue weighted by Crippen LogP contribution is -2.33. The summed E-state index contributed by atoms with van der Waals surface area (Å²) in [6.07, 6.45) is 3.87. The van der Waals surface area contributed by atoms with Gasteiger partial charge in [0.15, 0.2) is 0 Å². The molecule has 2 heteroatoms. The number of nitrogens with one attached hydrogen (secondary N) is 1. The van der Waals surface area contributed by atoms with Gasteiger partial charge in [-0.15, -0.1) is 0 Å². The fraction of sp³-hybridized carbons (Fsp3) is 0.625. The molecule has 2 unspecified atom stereocenters. The Bertz CT molecular complexity index is 404. The highest BCUT2D eigenvalue weighted by Gasteiger charge is 2.30. The van der Waals surface area contributed by atoms with Crippen LogP contribution < -0.4 is 5.32 Å². The second kappa shape index (κ2) is 4.67. The van der Waals surface area contributed by atoms with Gasteiger partial charge in [-0.25, -0.2) is 0 Å². The molecule has 0 amide bonds. The molecule has 0 aliphatic carbocycles. The first kappa shape index (κ1) is 12.2. The molecule has 3 rings (SSSR count). The predicted octanol–water partition coefficient (Wildman–Crippen LogP) is 2.70. The molecule has 2 nitrogen and oxygen atoms in total. The first-order valence-electron chi connectivity index (χ1n) is 7.21. The quantitative estimate of drug-likeness (QED) is 0.860. The molecule has 2 fully saturated rings. The zero-order valence-corrected chi connectivity index (χ0v) is 11.6. The fourth-order valence-electron chi connectivity index (χ4n) is 3.47. The van der Waals surface area contributed by atoms with Crippen LogP contribution in [0, 0.1) is 0 Å². The highest BCUT2D eigenvalue weighted by atomic mass is 15.1. The normalized spacial score (nSPS) is 33.1. The number of hydrogen-bond acceptors (Lipinski definition) is 2. The fourth-order valence-corrected chi connectivity index (χ4v) is 3.47. The van der Waals surface area contributed by atoms with Crippen LogP contribution in [0.3, 0.4) is 0 Å². The van der Waals surface area contributed by atoms with Crippen molar-refractivity contribution in [3.8, 4) is 0 Å². The minimum absolute atomic E-state index is 0.213. The topological polar surface area (TPSA) is 15.3 Å². The minimum Gasteiger partial charge on any atom is -0.308 e. The van der Waals surface area contributed by atoms with Gasteiger partial charge in [0.1, 0.15) is 0 Å². The average Bonchev–Trinajstić information content (AvgIpc) is 3.00. The summed E-state index contributed by atoms with van der Waals surface area (Å²) in [7, 11) is 2.22. The van der Waals surface area contributed by atoms with Crippen molar-refractivity contribution in [1.82, 2.24) is 10.2 Å². The van der Waals surface area contributed by atoms with Gasteiger partial charge < -0.3 is 10.2 Å². The molecule has 0 spiro atoms. The summed E-state index contributed by atoms with van der Waals surface area (Å²) in [5, 5.41) is 3.64. The standard InChI is InChI=1S/C16H24N2/c1-16(9-3-10-17-16)15-6-4-13(5-7-15)14-8-11-18(2)12-14/h4-7,14,17H,3,8-12H2,1-2H3. The Kier molecular flexibility index (Phi) is 3.16. The Morgan fingerprint density at radius 1 is 1.28 bits per heavy atom. The van der Waals surface area contributed by atoms with Gasteiger partial charge in [-0.05, 0) is 63.4 Å². The molecule has 1 N–H and O–H groups in total. The van der Waals surface area contributed by atoms with Gasteiger partial charge in [0.2, 0.25) is 0 Å². The largest absolute Gasteiger partial charge is 0.308 e. The molecule has 2 aliphatic heterocycles. The van der Waals surface area contributed by atoms with E-state index in [4.69, 9.17) is 0 Å². The Labute approximate surface area is 110 Å². The first-order valence-corrected chi connectivity index (χ1v) is 7.21. The number of likely N-dealkylation sites (N-methyl/N-ethyl adjacent to an activating group) is 1. The van der Waals surface area contributed by atoms with Crippen molar-refractivity contribution >= 4 is 0 Å². The van der Waals surface area contributed by atoms with E-state index in [1.807, 2.05) is 0 Å². The molecule has 0 bridgehead atoms. The number of benzene rings is 1. The Morgan fingerprint density at radius 3 is 2.61 bits per heavy atom. The number of hydrogen-bond donors (Lipinski definition) is 1. The molecule has 1 aromatic rings. The molecular weight excluding hydrogens is 220 g/mol. The second-order valence-corrected chi connectivity index (χ2v) is 6.23. The van der Waals surface area contributed by atoms with Gasteiger partial charge >= 0.3 is 0 Å². The molecule has 98 valence electrons. The Balaban J connectivity index is 1.77. The summed E-state index contributed by atoms with van der Waals surface area (Å²) >= 11 is 0. The van der Waals surface area contributed by atoms with E-state index in [9.17, 15) is 0 Å². The van der Waals surface area contributed by atoms with Crippen molar-refractivity contribution in [3.05, 3.63) is 35.4 Å². The van der Waals surface area contributed by atoms with Gasteiger partial charge in [-0.3, -0.25) is 0 Å². The summed E-state index contributed by atoms with van der Waals surface area (Å²) in [6, 6.07) is 9.38. The SMILES string of the molecule is CN1CCC(c2ccc(C3(C)CCCN3)cc2)C1. The molecule has 18 heavy (non-hydrogen) atoms. The van der Waals surface area contributed by atoms with E-state index < -0.39 is 0 Å². The summed E-state index contributed by atoms with van der Waals surface area (Å²) < 4.78 is 0. The van der Waals surface area contributed by atoms with Crippen LogP contribution >= 0.6 is 0 Å². The van der Waals surface area contributed by atoms with Crippen molar-refractivity contribution in [2.75, 3.05) is 26.7 Å². The summed E-state index contributed by atoms with van der Waals surface area (Å²) in [5.41, 5.74) is 3.19. The highest BCUT2D eigenvalue weighted by molar-refractivity contribution is 5.31. The van der Waals surface area contributed by atoms with E-state index in [1.54, 1.807) is 0 Å². The monoisotopic (exact) mass is 244 g/mol. The van der Waals surface area contributed by atoms with Crippen LogP contribution in [-0.2, 0) is 5.54 Å². The van der Waals surface area contributed by atoms with Crippen molar-refractivity contribution in [2.45, 2.75) is 37.6 Å². The van der Waals surface area contributed by atoms with E-state index in [-0.39, 0.29) is 5.54 Å². The number of nitrogens with zero attached hydrogens (tertiary/aromatic N) is 1. The maximum absolute atomic E-state index is 3.64. The maximum atomic E-state index is 3.64. The molecular formula is C16H24N2. The zero-order valence-electron chi connectivity index (χ0n) is 11.6. The Hall–Kier alpha value is -0.860. The van der Waals surface area contributed by atoms with Crippen LogP contribution in [0.25, 0.3) is 0 Å². The Morgan fingerprint density at radius 2 is 2.06 bits per heavy atom. The van der Waals surface area contributed by atoms with Gasteiger partial charge in [0, 0.05) is 12.1 Å². The van der Waals surface area contributed by atoms with Crippen LogP contribution in [0.2, 0.25) is 0 Å². The van der Waals surface area contributed by atoms with E-state index in [0.717, 1.165) is 12.5 Å². The summed E-state index contributed by atoms with van der Waals surface area (Å²) in [6.45, 7) is 5.95. The van der Waals surface area contributed by atoms with Gasteiger partial charge in [0.25, 0.3) is 0 Å². The third-order valence-electron chi connectivity index (χ3n) is 4.78. The van der Waals surface area contributed by atoms with E-state index >= 15 is 0 Å². The molecule has 2 saturated heterocycles. The lowest BCUT2D eigenvalue weighted by molar-refractivity contribution is 0.411. The second-order valence-electron chi connectivity index (χ2n) is 6.23. The van der Waals surface area contributed by atoms with Crippen LogP contribution in [0.15, 0.2) is 24.3 Å². The summed E-state index contributed by atoms with van der Waals surface area (Å²) in [5.74, 6) is 0.744. The molecule has 0 aromatic heterocycles. The lowest BCUT2D eigenvalue weighted by Gasteiger charge is -2.25. The van der Waals surface area contributed by atoms with Crippen LogP contribution in [-0.4, -0.2) is 31.6 Å². The molecule has 1 aromatic carbocycles. The average molecular weight is 244 g/mol. The smallest absolute Gasteiger partial charge is 0.0406 e. The molecule has 2 heterocycles. The number of likely N-dealkylation sites (tertiary alicyclic amines) is 1. The lowest BCUT2D eigenvalue weighted by atomic mass is 9.88. The third-order valence-corrected chi connectivity index (χ3v) is 4.78. The predicted molar refractivity (Wildman–Crippen MR) is 75.9 cm³/mol. The molecule has 2 aliphatic rings. The van der Waals surface area contributed by atoms with Gasteiger partial charge in [-0.2, -0.15) is 0 Å². The minimum atomic E-state index is 0.213. The van der Waals surface area contributed by atoms with Gasteiger partial charge in [-0.1, -0.05) is 24.3 Å². The third kappa shape index (κ3) is 2.19. The molecule has 2 atom stereocenters. The number of rotatable bonds is 2.